The molecule has 7 nitrogen and oxygen atoms in total. The second-order valence-electron chi connectivity index (χ2n) is 7.09. The number of fused-ring (bicyclic) bond motifs is 1. The zero-order valence-electron chi connectivity index (χ0n) is 16.9. The molecule has 1 N–H and O–H groups in total. The number of halogens is 1. The number of H-pyrrole nitrogens is 1. The summed E-state index contributed by atoms with van der Waals surface area (Å²) in [5.41, 5.74) is 3.18. The molecule has 8 heteroatoms. The molecule has 0 spiro atoms. The van der Waals surface area contributed by atoms with Crippen LogP contribution < -0.4 is 4.74 Å². The van der Waals surface area contributed by atoms with E-state index in [4.69, 9.17) is 20.9 Å². The van der Waals surface area contributed by atoms with Gasteiger partial charge in [0.2, 0.25) is 0 Å². The van der Waals surface area contributed by atoms with Crippen LogP contribution in [0.3, 0.4) is 0 Å². The summed E-state index contributed by atoms with van der Waals surface area (Å²) >= 11 is 6.04. The average molecular weight is 425 g/mol. The number of amides is 1. The molecule has 0 bridgehead atoms. The Morgan fingerprint density at radius 1 is 1.23 bits per heavy atom. The summed E-state index contributed by atoms with van der Waals surface area (Å²) in [4.78, 5) is 22.1. The number of nitrogens with one attached hydrogen (secondary N) is 1. The first-order valence-electron chi connectivity index (χ1n) is 9.46. The number of aromatic amines is 1. The third kappa shape index (κ3) is 4.02. The normalized spacial score (nSPS) is 11.1. The highest BCUT2D eigenvalue weighted by Crippen LogP contribution is 2.25. The number of likely N-dealkylation sites (N-methyl/N-ethyl adjacent to an activating group) is 1. The van der Waals surface area contributed by atoms with E-state index in [1.165, 1.54) is 0 Å². The summed E-state index contributed by atoms with van der Waals surface area (Å²) in [6.45, 7) is 2.36. The molecule has 0 fully saturated rings. The van der Waals surface area contributed by atoms with Crippen molar-refractivity contribution < 1.29 is 14.1 Å². The molecule has 154 valence electrons. The molecule has 0 atom stereocenters. The Morgan fingerprint density at radius 3 is 2.83 bits per heavy atom. The van der Waals surface area contributed by atoms with Crippen LogP contribution in [0.25, 0.3) is 22.5 Å². The van der Waals surface area contributed by atoms with Gasteiger partial charge in [0.25, 0.3) is 11.8 Å². The van der Waals surface area contributed by atoms with Gasteiger partial charge in [-0.05, 0) is 55.0 Å². The lowest BCUT2D eigenvalue weighted by Gasteiger charge is -2.17. The monoisotopic (exact) mass is 424 g/mol. The molecule has 2 aromatic heterocycles. The maximum atomic E-state index is 12.7. The number of methoxy groups -OCH3 is 1. The van der Waals surface area contributed by atoms with E-state index < -0.39 is 0 Å². The predicted molar refractivity (Wildman–Crippen MR) is 115 cm³/mol. The summed E-state index contributed by atoms with van der Waals surface area (Å²) < 4.78 is 10.6. The minimum atomic E-state index is -0.0635. The van der Waals surface area contributed by atoms with Crippen LogP contribution >= 0.6 is 11.6 Å². The summed E-state index contributed by atoms with van der Waals surface area (Å²) in [5.74, 6) is 1.60. The lowest BCUT2D eigenvalue weighted by Crippen LogP contribution is -2.29. The minimum absolute atomic E-state index is 0.0635. The molecule has 0 saturated heterocycles. The van der Waals surface area contributed by atoms with E-state index in [2.05, 4.69) is 15.1 Å². The number of carbonyl (C=O) groups excluding carboxylic acids is 1. The number of aromatic nitrogens is 3. The SMILES string of the molecule is COc1ccc(C(=O)N(C)CCc2noc(-c3cc4cc(Cl)ccc4[nH]3)n2)c(C)c1. The molecule has 4 rings (SSSR count). The molecule has 30 heavy (non-hydrogen) atoms. The van der Waals surface area contributed by atoms with Gasteiger partial charge >= 0.3 is 0 Å². The Bertz CT molecular complexity index is 1210. The summed E-state index contributed by atoms with van der Waals surface area (Å²) in [6, 6.07) is 12.9. The first kappa shape index (κ1) is 20.0. The molecule has 0 aliphatic carbocycles. The molecule has 0 saturated carbocycles. The van der Waals surface area contributed by atoms with Crippen molar-refractivity contribution in [1.82, 2.24) is 20.0 Å². The third-order valence-electron chi connectivity index (χ3n) is 4.96. The molecule has 2 aromatic carbocycles. The molecule has 0 aliphatic rings. The molecule has 0 radical (unpaired) electrons. The highest BCUT2D eigenvalue weighted by Gasteiger charge is 2.17. The third-order valence-corrected chi connectivity index (χ3v) is 5.20. The van der Waals surface area contributed by atoms with E-state index in [1.54, 1.807) is 31.2 Å². The highest BCUT2D eigenvalue weighted by atomic mass is 35.5. The van der Waals surface area contributed by atoms with Crippen molar-refractivity contribution in [2.45, 2.75) is 13.3 Å². The first-order valence-corrected chi connectivity index (χ1v) is 9.83. The van der Waals surface area contributed by atoms with Gasteiger partial charge in [0, 0.05) is 41.5 Å². The lowest BCUT2D eigenvalue weighted by atomic mass is 10.1. The topological polar surface area (TPSA) is 84.2 Å². The molecular formula is C22H21ClN4O3. The number of ether oxygens (including phenoxy) is 1. The van der Waals surface area contributed by atoms with Gasteiger partial charge < -0.3 is 19.1 Å². The number of hydrogen-bond donors (Lipinski definition) is 1. The molecular weight excluding hydrogens is 404 g/mol. The van der Waals surface area contributed by atoms with E-state index in [9.17, 15) is 4.79 Å². The smallest absolute Gasteiger partial charge is 0.274 e. The number of rotatable bonds is 6. The van der Waals surface area contributed by atoms with Crippen LogP contribution in [0.4, 0.5) is 0 Å². The van der Waals surface area contributed by atoms with Gasteiger partial charge in [-0.2, -0.15) is 4.98 Å². The maximum absolute atomic E-state index is 12.7. The van der Waals surface area contributed by atoms with Crippen molar-refractivity contribution in [3.63, 3.8) is 0 Å². The summed E-state index contributed by atoms with van der Waals surface area (Å²) in [6.07, 6.45) is 0.479. The Labute approximate surface area is 178 Å². The summed E-state index contributed by atoms with van der Waals surface area (Å²) in [7, 11) is 3.36. The second kappa shape index (κ2) is 8.20. The van der Waals surface area contributed by atoms with E-state index in [1.807, 2.05) is 37.3 Å². The second-order valence-corrected chi connectivity index (χ2v) is 7.52. The van der Waals surface area contributed by atoms with Crippen molar-refractivity contribution in [1.29, 1.82) is 0 Å². The zero-order valence-corrected chi connectivity index (χ0v) is 17.7. The quantitative estimate of drug-likeness (QED) is 0.492. The fourth-order valence-corrected chi connectivity index (χ4v) is 3.44. The highest BCUT2D eigenvalue weighted by molar-refractivity contribution is 6.31. The van der Waals surface area contributed by atoms with E-state index in [0.717, 1.165) is 27.9 Å². The van der Waals surface area contributed by atoms with E-state index in [-0.39, 0.29) is 5.91 Å². The minimum Gasteiger partial charge on any atom is -0.497 e. The van der Waals surface area contributed by atoms with E-state index >= 15 is 0 Å². The Balaban J connectivity index is 1.43. The van der Waals surface area contributed by atoms with Crippen molar-refractivity contribution in [3.05, 3.63) is 64.4 Å². The Hall–Kier alpha value is -3.32. The molecule has 0 unspecified atom stereocenters. The van der Waals surface area contributed by atoms with Crippen molar-refractivity contribution >= 4 is 28.4 Å². The van der Waals surface area contributed by atoms with Gasteiger partial charge in [-0.15, -0.1) is 0 Å². The molecule has 2 heterocycles. The van der Waals surface area contributed by atoms with Crippen molar-refractivity contribution in [2.24, 2.45) is 0 Å². The number of benzene rings is 2. The van der Waals surface area contributed by atoms with Crippen LogP contribution in [0, 0.1) is 6.92 Å². The van der Waals surface area contributed by atoms with Crippen LogP contribution in [0.1, 0.15) is 21.7 Å². The number of nitrogens with zero attached hydrogens (tertiary/aromatic N) is 3. The van der Waals surface area contributed by atoms with Crippen LogP contribution in [0.15, 0.2) is 47.0 Å². The maximum Gasteiger partial charge on any atom is 0.274 e. The number of aryl methyl sites for hydroxylation is 1. The number of carbonyl (C=O) groups is 1. The Morgan fingerprint density at radius 2 is 2.07 bits per heavy atom. The van der Waals surface area contributed by atoms with Gasteiger partial charge in [-0.25, -0.2) is 0 Å². The van der Waals surface area contributed by atoms with Gasteiger partial charge in [-0.1, -0.05) is 16.8 Å². The van der Waals surface area contributed by atoms with Crippen LogP contribution in [-0.4, -0.2) is 46.6 Å². The summed E-state index contributed by atoms with van der Waals surface area (Å²) in [5, 5.41) is 5.67. The Kier molecular flexibility index (Phi) is 5.46. The standard InChI is InChI=1S/C22H21ClN4O3/c1-13-10-16(29-3)5-6-17(13)22(28)27(2)9-8-20-25-21(30-26-20)19-12-14-11-15(23)4-7-18(14)24-19/h4-7,10-12,24H,8-9H2,1-3H3. The predicted octanol–water partition coefficient (Wildman–Crippen LogP) is 4.50. The molecule has 0 aliphatic heterocycles. The lowest BCUT2D eigenvalue weighted by molar-refractivity contribution is 0.0795. The molecule has 4 aromatic rings. The first-order chi connectivity index (χ1) is 14.4. The largest absolute Gasteiger partial charge is 0.497 e. The van der Waals surface area contributed by atoms with Gasteiger partial charge in [-0.3, -0.25) is 4.79 Å². The number of hydrogen-bond acceptors (Lipinski definition) is 5. The van der Waals surface area contributed by atoms with E-state index in [0.29, 0.717) is 35.3 Å². The van der Waals surface area contributed by atoms with Crippen LogP contribution in [0.2, 0.25) is 5.02 Å². The van der Waals surface area contributed by atoms with Gasteiger partial charge in [0.15, 0.2) is 5.82 Å². The fraction of sp³-hybridized carbons (Fsp3) is 0.227. The van der Waals surface area contributed by atoms with Crippen molar-refractivity contribution in [3.8, 4) is 17.3 Å². The van der Waals surface area contributed by atoms with Crippen molar-refractivity contribution in [2.75, 3.05) is 20.7 Å². The van der Waals surface area contributed by atoms with Gasteiger partial charge in [0.1, 0.15) is 11.4 Å². The van der Waals surface area contributed by atoms with Crippen LogP contribution in [-0.2, 0) is 6.42 Å². The molecule has 1 amide bonds. The fourth-order valence-electron chi connectivity index (χ4n) is 3.26. The zero-order chi connectivity index (χ0) is 21.3. The van der Waals surface area contributed by atoms with Crippen LogP contribution in [0.5, 0.6) is 5.75 Å². The van der Waals surface area contributed by atoms with Gasteiger partial charge in [0.05, 0.1) is 7.11 Å². The average Bonchev–Trinajstić information content (AvgIpc) is 3.37.